The average Bonchev–Trinajstić information content (AvgIpc) is 3.31. The van der Waals surface area contributed by atoms with Gasteiger partial charge in [-0.05, 0) is 54.5 Å². The second-order valence-electron chi connectivity index (χ2n) is 7.35. The highest BCUT2D eigenvalue weighted by Gasteiger charge is 2.46. The Morgan fingerprint density at radius 2 is 2.00 bits per heavy atom. The van der Waals surface area contributed by atoms with Crippen molar-refractivity contribution >= 4 is 28.8 Å². The lowest BCUT2D eigenvalue weighted by Crippen LogP contribution is -2.30. The Morgan fingerprint density at radius 3 is 2.59 bits per heavy atom. The molecule has 3 rings (SSSR count). The number of Topliss-reactive ketones (excluding diaryl/α,β-unsaturated/α-hetero) is 1. The molecule has 0 spiro atoms. The van der Waals surface area contributed by atoms with Crippen molar-refractivity contribution in [1.82, 2.24) is 4.90 Å². The van der Waals surface area contributed by atoms with Crippen LogP contribution in [0.4, 0.5) is 0 Å². The highest BCUT2D eigenvalue weighted by atomic mass is 32.1. The maximum atomic E-state index is 12.9. The predicted octanol–water partition coefficient (Wildman–Crippen LogP) is 5.10. The third kappa shape index (κ3) is 3.94. The number of benzene rings is 1. The van der Waals surface area contributed by atoms with E-state index in [2.05, 4.69) is 0 Å². The number of aliphatic hydroxyl groups is 1. The van der Waals surface area contributed by atoms with E-state index in [0.29, 0.717) is 18.7 Å². The van der Waals surface area contributed by atoms with Crippen LogP contribution in [0, 0.1) is 0 Å². The van der Waals surface area contributed by atoms with Crippen molar-refractivity contribution in [2.24, 2.45) is 0 Å². The quantitative estimate of drug-likeness (QED) is 0.389. The largest absolute Gasteiger partial charge is 0.507 e. The van der Waals surface area contributed by atoms with E-state index in [9.17, 15) is 14.7 Å². The van der Waals surface area contributed by atoms with Gasteiger partial charge in [-0.2, -0.15) is 0 Å². The summed E-state index contributed by atoms with van der Waals surface area (Å²) in [7, 11) is 0. The Labute approximate surface area is 175 Å². The molecular formula is C23H27NO4S. The Kier molecular flexibility index (Phi) is 6.42. The highest BCUT2D eigenvalue weighted by Crippen LogP contribution is 2.41. The molecule has 2 heterocycles. The molecule has 1 fully saturated rings. The molecule has 154 valence electrons. The number of ketones is 1. The molecular weight excluding hydrogens is 386 g/mol. The van der Waals surface area contributed by atoms with Gasteiger partial charge in [-0.25, -0.2) is 0 Å². The Balaban J connectivity index is 2.15. The molecule has 0 aliphatic carbocycles. The fourth-order valence-electron chi connectivity index (χ4n) is 3.68. The molecule has 1 aromatic carbocycles. The summed E-state index contributed by atoms with van der Waals surface area (Å²) < 4.78 is 5.70. The predicted molar refractivity (Wildman–Crippen MR) is 115 cm³/mol. The van der Waals surface area contributed by atoms with E-state index in [0.717, 1.165) is 22.6 Å². The first-order chi connectivity index (χ1) is 13.9. The van der Waals surface area contributed by atoms with Crippen LogP contribution in [0.25, 0.3) is 5.76 Å². The van der Waals surface area contributed by atoms with Gasteiger partial charge in [0.25, 0.3) is 11.7 Å². The maximum absolute atomic E-state index is 12.9. The first-order valence-electron chi connectivity index (χ1n) is 9.99. The molecule has 6 heteroatoms. The van der Waals surface area contributed by atoms with Crippen LogP contribution in [0.15, 0.2) is 41.3 Å². The number of hydrogen-bond donors (Lipinski definition) is 1. The molecule has 29 heavy (non-hydrogen) atoms. The molecule has 1 amide bonds. The smallest absolute Gasteiger partial charge is 0.295 e. The number of carbonyl (C=O) groups is 2. The topological polar surface area (TPSA) is 66.8 Å². The molecule has 1 aliphatic rings. The molecule has 2 aromatic rings. The second kappa shape index (κ2) is 8.82. The fourth-order valence-corrected chi connectivity index (χ4v) is 4.53. The van der Waals surface area contributed by atoms with Crippen LogP contribution in [0.2, 0.25) is 0 Å². The third-order valence-electron chi connectivity index (χ3n) is 5.02. The van der Waals surface area contributed by atoms with E-state index in [4.69, 9.17) is 4.74 Å². The third-order valence-corrected chi connectivity index (χ3v) is 5.95. The number of nitrogens with zero attached hydrogens (tertiary/aromatic N) is 1. The van der Waals surface area contributed by atoms with Crippen molar-refractivity contribution in [1.29, 1.82) is 0 Å². The summed E-state index contributed by atoms with van der Waals surface area (Å²) in [6.45, 7) is 9.00. The van der Waals surface area contributed by atoms with Gasteiger partial charge in [-0.1, -0.05) is 26.8 Å². The molecule has 1 aliphatic heterocycles. The molecule has 1 atom stereocenters. The van der Waals surface area contributed by atoms with E-state index in [1.807, 2.05) is 57.3 Å². The lowest BCUT2D eigenvalue weighted by Gasteiger charge is -2.23. The lowest BCUT2D eigenvalue weighted by atomic mass is 9.95. The van der Waals surface area contributed by atoms with Crippen LogP contribution < -0.4 is 4.74 Å². The van der Waals surface area contributed by atoms with Crippen LogP contribution in [0.1, 0.15) is 62.1 Å². The fraction of sp³-hybridized carbons (Fsp3) is 0.391. The van der Waals surface area contributed by atoms with Crippen molar-refractivity contribution in [2.45, 2.75) is 46.1 Å². The van der Waals surface area contributed by atoms with Gasteiger partial charge >= 0.3 is 0 Å². The molecule has 1 N–H and O–H groups in total. The number of likely N-dealkylation sites (tertiary alicyclic amines) is 1. The Hall–Kier alpha value is -2.60. The van der Waals surface area contributed by atoms with Gasteiger partial charge in [0.15, 0.2) is 0 Å². The van der Waals surface area contributed by atoms with Gasteiger partial charge in [0.2, 0.25) is 0 Å². The Bertz CT molecular complexity index is 930. The zero-order valence-corrected chi connectivity index (χ0v) is 18.1. The maximum Gasteiger partial charge on any atom is 0.295 e. The standard InChI is InChI=1S/C23H27NO4S/c1-5-11-24-20(18-8-7-12-29-18)19(22(26)23(24)27)21(25)15-9-10-17(28-6-2)16(13-15)14(3)4/h7-10,12-14,20,25H,5-6,11H2,1-4H3/b21-19-. The number of ether oxygens (including phenoxy) is 1. The van der Waals surface area contributed by atoms with Crippen molar-refractivity contribution in [3.63, 3.8) is 0 Å². The van der Waals surface area contributed by atoms with Gasteiger partial charge < -0.3 is 14.7 Å². The van der Waals surface area contributed by atoms with E-state index >= 15 is 0 Å². The molecule has 1 saturated heterocycles. The van der Waals surface area contributed by atoms with Gasteiger partial charge in [-0.3, -0.25) is 9.59 Å². The molecule has 0 bridgehead atoms. The van der Waals surface area contributed by atoms with Crippen LogP contribution in [0.3, 0.4) is 0 Å². The SMILES string of the molecule is CCCN1C(=O)C(=O)/C(=C(\O)c2ccc(OCC)c(C(C)C)c2)C1c1cccs1. The van der Waals surface area contributed by atoms with Gasteiger partial charge in [0.05, 0.1) is 18.2 Å². The number of rotatable bonds is 7. The van der Waals surface area contributed by atoms with E-state index in [1.165, 1.54) is 11.3 Å². The molecule has 0 radical (unpaired) electrons. The van der Waals surface area contributed by atoms with E-state index < -0.39 is 17.7 Å². The lowest BCUT2D eigenvalue weighted by molar-refractivity contribution is -0.139. The minimum Gasteiger partial charge on any atom is -0.507 e. The zero-order chi connectivity index (χ0) is 21.1. The first kappa shape index (κ1) is 21.1. The van der Waals surface area contributed by atoms with Crippen LogP contribution >= 0.6 is 11.3 Å². The Morgan fingerprint density at radius 1 is 1.24 bits per heavy atom. The molecule has 5 nitrogen and oxygen atoms in total. The summed E-state index contributed by atoms with van der Waals surface area (Å²) in [4.78, 5) is 28.0. The van der Waals surface area contributed by atoms with Crippen LogP contribution in [-0.4, -0.2) is 34.8 Å². The summed E-state index contributed by atoms with van der Waals surface area (Å²) >= 11 is 1.48. The van der Waals surface area contributed by atoms with Crippen molar-refractivity contribution < 1.29 is 19.4 Å². The normalized spacial score (nSPS) is 18.7. The van der Waals surface area contributed by atoms with Gasteiger partial charge in [-0.15, -0.1) is 11.3 Å². The van der Waals surface area contributed by atoms with Crippen LogP contribution in [-0.2, 0) is 9.59 Å². The number of amides is 1. The minimum absolute atomic E-state index is 0.134. The monoisotopic (exact) mass is 413 g/mol. The number of hydrogen-bond acceptors (Lipinski definition) is 5. The molecule has 0 saturated carbocycles. The number of carbonyl (C=O) groups excluding carboxylic acids is 2. The molecule has 1 aromatic heterocycles. The van der Waals surface area contributed by atoms with Crippen molar-refractivity contribution in [3.05, 3.63) is 57.3 Å². The summed E-state index contributed by atoms with van der Waals surface area (Å²) in [5, 5.41) is 13.0. The number of aliphatic hydroxyl groups excluding tert-OH is 1. The number of thiophene rings is 1. The zero-order valence-electron chi connectivity index (χ0n) is 17.3. The summed E-state index contributed by atoms with van der Waals surface area (Å²) in [6, 6.07) is 8.64. The van der Waals surface area contributed by atoms with E-state index in [1.54, 1.807) is 11.0 Å². The van der Waals surface area contributed by atoms with Gasteiger partial charge in [0, 0.05) is 17.0 Å². The summed E-state index contributed by atoms with van der Waals surface area (Å²) in [5.41, 5.74) is 1.63. The average molecular weight is 414 g/mol. The second-order valence-corrected chi connectivity index (χ2v) is 8.33. The molecule has 1 unspecified atom stereocenters. The van der Waals surface area contributed by atoms with Crippen molar-refractivity contribution in [2.75, 3.05) is 13.2 Å². The van der Waals surface area contributed by atoms with Gasteiger partial charge in [0.1, 0.15) is 11.5 Å². The van der Waals surface area contributed by atoms with Crippen molar-refractivity contribution in [3.8, 4) is 5.75 Å². The first-order valence-corrected chi connectivity index (χ1v) is 10.9. The highest BCUT2D eigenvalue weighted by molar-refractivity contribution is 7.10. The van der Waals surface area contributed by atoms with Crippen LogP contribution in [0.5, 0.6) is 5.75 Å². The summed E-state index contributed by atoms with van der Waals surface area (Å²) in [6.07, 6.45) is 0.732. The summed E-state index contributed by atoms with van der Waals surface area (Å²) in [5.74, 6) is -0.373. The minimum atomic E-state index is -0.630. The van der Waals surface area contributed by atoms with E-state index in [-0.39, 0.29) is 17.3 Å².